The Kier molecular flexibility index (Phi) is 4.51. The van der Waals surface area contributed by atoms with Crippen LogP contribution < -0.4 is 15.6 Å². The van der Waals surface area contributed by atoms with Gasteiger partial charge < -0.3 is 10.1 Å². The number of fused-ring (bicyclic) bond motifs is 1. The van der Waals surface area contributed by atoms with Crippen LogP contribution in [0.5, 0.6) is 11.8 Å². The summed E-state index contributed by atoms with van der Waals surface area (Å²) >= 11 is 0. The number of amides is 1. The molecule has 0 aliphatic rings. The van der Waals surface area contributed by atoms with Crippen LogP contribution >= 0.6 is 0 Å². The van der Waals surface area contributed by atoms with Gasteiger partial charge in [0, 0.05) is 30.5 Å². The van der Waals surface area contributed by atoms with Gasteiger partial charge in [0.25, 0.3) is 11.5 Å². The second kappa shape index (κ2) is 7.28. The summed E-state index contributed by atoms with van der Waals surface area (Å²) in [4.78, 5) is 32.9. The van der Waals surface area contributed by atoms with Gasteiger partial charge in [0.1, 0.15) is 5.75 Å². The first-order chi connectivity index (χ1) is 13.6. The van der Waals surface area contributed by atoms with E-state index >= 15 is 0 Å². The lowest BCUT2D eigenvalue weighted by molar-refractivity contribution is 0.102. The minimum absolute atomic E-state index is 0.177. The van der Waals surface area contributed by atoms with Gasteiger partial charge in [-0.3, -0.25) is 9.59 Å². The molecule has 8 heteroatoms. The maximum absolute atomic E-state index is 12.7. The molecule has 2 heterocycles. The number of carbonyl (C=O) groups is 1. The highest BCUT2D eigenvalue weighted by Gasteiger charge is 2.15. The number of nitrogens with zero attached hydrogens (tertiary/aromatic N) is 4. The van der Waals surface area contributed by atoms with Crippen LogP contribution in [0.25, 0.3) is 10.8 Å². The molecule has 28 heavy (non-hydrogen) atoms. The zero-order valence-corrected chi connectivity index (χ0v) is 14.9. The van der Waals surface area contributed by atoms with Crippen LogP contribution in [0.15, 0.2) is 71.8 Å². The molecule has 0 aliphatic carbocycles. The van der Waals surface area contributed by atoms with Crippen LogP contribution in [-0.4, -0.2) is 25.7 Å². The molecule has 0 radical (unpaired) electrons. The van der Waals surface area contributed by atoms with E-state index in [0.717, 1.165) is 4.68 Å². The summed E-state index contributed by atoms with van der Waals surface area (Å²) in [5, 5.41) is 7.85. The number of ether oxygens (including phenoxy) is 1. The highest BCUT2D eigenvalue weighted by molar-refractivity contribution is 6.11. The number of carbonyl (C=O) groups excluding carboxylic acids is 1. The van der Waals surface area contributed by atoms with Crippen molar-refractivity contribution in [3.8, 4) is 11.8 Å². The molecule has 2 aromatic heterocycles. The highest BCUT2D eigenvalue weighted by Crippen LogP contribution is 2.21. The minimum Gasteiger partial charge on any atom is -0.424 e. The smallest absolute Gasteiger partial charge is 0.321 e. The van der Waals surface area contributed by atoms with Gasteiger partial charge in [0.2, 0.25) is 0 Å². The van der Waals surface area contributed by atoms with E-state index < -0.39 is 5.91 Å². The molecule has 0 atom stereocenters. The monoisotopic (exact) mass is 373 g/mol. The Hall–Kier alpha value is -4.07. The number of hydrogen-bond donors (Lipinski definition) is 1. The number of anilines is 1. The number of rotatable bonds is 4. The summed E-state index contributed by atoms with van der Waals surface area (Å²) in [7, 11) is 1.52. The second-order valence-electron chi connectivity index (χ2n) is 5.93. The molecule has 2 aromatic carbocycles. The molecule has 0 aliphatic heterocycles. The van der Waals surface area contributed by atoms with Gasteiger partial charge in [-0.15, -0.1) is 0 Å². The van der Waals surface area contributed by atoms with Crippen molar-refractivity contribution in [3.05, 3.63) is 83.0 Å². The topological polar surface area (TPSA) is 99.0 Å². The van der Waals surface area contributed by atoms with E-state index in [1.807, 2.05) is 0 Å². The van der Waals surface area contributed by atoms with Crippen molar-refractivity contribution in [2.75, 3.05) is 5.32 Å². The zero-order valence-electron chi connectivity index (χ0n) is 14.9. The van der Waals surface area contributed by atoms with Gasteiger partial charge in [0.15, 0.2) is 5.69 Å². The quantitative estimate of drug-likeness (QED) is 0.591. The molecule has 0 saturated heterocycles. The molecule has 1 N–H and O–H groups in total. The average Bonchev–Trinajstić information content (AvgIpc) is 2.73. The van der Waals surface area contributed by atoms with E-state index in [4.69, 9.17) is 4.74 Å². The first-order valence-electron chi connectivity index (χ1n) is 8.44. The maximum atomic E-state index is 12.7. The maximum Gasteiger partial charge on any atom is 0.321 e. The van der Waals surface area contributed by atoms with Crippen molar-refractivity contribution in [3.63, 3.8) is 0 Å². The number of aryl methyl sites for hydroxylation is 1. The Morgan fingerprint density at radius 2 is 1.64 bits per heavy atom. The molecular weight excluding hydrogens is 358 g/mol. The Balaban J connectivity index is 1.57. The lowest BCUT2D eigenvalue weighted by Gasteiger charge is -2.09. The highest BCUT2D eigenvalue weighted by atomic mass is 16.5. The Bertz CT molecular complexity index is 1200. The molecule has 0 saturated carbocycles. The standard InChI is InChI=1S/C20H15N5O3/c1-25-19(27)16-6-3-2-5-15(16)17(24-25)18(26)23-13-7-9-14(10-8-13)28-20-21-11-4-12-22-20/h2-12H,1H3,(H,23,26). The first-order valence-corrected chi connectivity index (χ1v) is 8.44. The van der Waals surface area contributed by atoms with Crippen molar-refractivity contribution in [1.82, 2.24) is 19.7 Å². The van der Waals surface area contributed by atoms with E-state index in [9.17, 15) is 9.59 Å². The Labute approximate surface area is 159 Å². The predicted octanol–water partition coefficient (Wildman–Crippen LogP) is 2.77. The van der Waals surface area contributed by atoms with Crippen molar-refractivity contribution in [2.45, 2.75) is 0 Å². The van der Waals surface area contributed by atoms with E-state index in [1.165, 1.54) is 7.05 Å². The molecule has 0 fully saturated rings. The number of nitrogens with one attached hydrogen (secondary N) is 1. The molecule has 4 rings (SSSR count). The average molecular weight is 373 g/mol. The molecule has 4 aromatic rings. The van der Waals surface area contributed by atoms with Crippen molar-refractivity contribution in [1.29, 1.82) is 0 Å². The lowest BCUT2D eigenvalue weighted by Crippen LogP contribution is -2.25. The summed E-state index contributed by atoms with van der Waals surface area (Å²) in [6.07, 6.45) is 3.17. The van der Waals surface area contributed by atoms with E-state index in [-0.39, 0.29) is 17.3 Å². The van der Waals surface area contributed by atoms with Crippen molar-refractivity contribution in [2.24, 2.45) is 7.05 Å². The third kappa shape index (κ3) is 3.43. The molecule has 8 nitrogen and oxygen atoms in total. The Morgan fingerprint density at radius 3 is 2.36 bits per heavy atom. The molecular formula is C20H15N5O3. The third-order valence-electron chi connectivity index (χ3n) is 4.03. The molecule has 1 amide bonds. The first kappa shape index (κ1) is 17.3. The summed E-state index contributed by atoms with van der Waals surface area (Å²) in [6.45, 7) is 0. The Morgan fingerprint density at radius 1 is 0.964 bits per heavy atom. The SMILES string of the molecule is Cn1nc(C(=O)Nc2ccc(Oc3ncccn3)cc2)c2ccccc2c1=O. The number of aromatic nitrogens is 4. The second-order valence-corrected chi connectivity index (χ2v) is 5.93. The van der Waals surface area contributed by atoms with Gasteiger partial charge in [-0.2, -0.15) is 5.10 Å². The van der Waals surface area contributed by atoms with Crippen LogP contribution in [0.2, 0.25) is 0 Å². The lowest BCUT2D eigenvalue weighted by atomic mass is 10.1. The van der Waals surface area contributed by atoms with Crippen LogP contribution in [0.4, 0.5) is 5.69 Å². The fraction of sp³-hybridized carbons (Fsp3) is 0.0500. The molecule has 0 bridgehead atoms. The molecule has 0 unspecified atom stereocenters. The van der Waals surface area contributed by atoms with Gasteiger partial charge in [-0.05, 0) is 36.4 Å². The fourth-order valence-electron chi connectivity index (χ4n) is 2.71. The van der Waals surface area contributed by atoms with Crippen LogP contribution in [-0.2, 0) is 7.05 Å². The van der Waals surface area contributed by atoms with E-state index in [0.29, 0.717) is 22.2 Å². The number of benzene rings is 2. The van der Waals surface area contributed by atoms with Gasteiger partial charge in [-0.1, -0.05) is 18.2 Å². The minimum atomic E-state index is -0.410. The van der Waals surface area contributed by atoms with Gasteiger partial charge >= 0.3 is 6.01 Å². The number of hydrogen-bond acceptors (Lipinski definition) is 6. The summed E-state index contributed by atoms with van der Waals surface area (Å²) in [5.41, 5.74) is 0.485. The van der Waals surface area contributed by atoms with E-state index in [2.05, 4.69) is 20.4 Å². The summed E-state index contributed by atoms with van der Waals surface area (Å²) in [5.74, 6) is 0.127. The van der Waals surface area contributed by atoms with E-state index in [1.54, 1.807) is 67.0 Å². The van der Waals surface area contributed by atoms with Crippen LogP contribution in [0.3, 0.4) is 0 Å². The van der Waals surface area contributed by atoms with Gasteiger partial charge in [-0.25, -0.2) is 14.6 Å². The summed E-state index contributed by atoms with van der Waals surface area (Å²) in [6, 6.07) is 15.6. The van der Waals surface area contributed by atoms with Crippen LogP contribution in [0.1, 0.15) is 10.5 Å². The third-order valence-corrected chi connectivity index (χ3v) is 4.03. The van der Waals surface area contributed by atoms with Gasteiger partial charge in [0.05, 0.1) is 5.39 Å². The fourth-order valence-corrected chi connectivity index (χ4v) is 2.71. The zero-order chi connectivity index (χ0) is 19.5. The van der Waals surface area contributed by atoms with Crippen molar-refractivity contribution >= 4 is 22.4 Å². The molecule has 138 valence electrons. The van der Waals surface area contributed by atoms with Crippen LogP contribution in [0, 0.1) is 0 Å². The predicted molar refractivity (Wildman–Crippen MR) is 103 cm³/mol. The molecule has 0 spiro atoms. The largest absolute Gasteiger partial charge is 0.424 e. The summed E-state index contributed by atoms with van der Waals surface area (Å²) < 4.78 is 6.68. The normalized spacial score (nSPS) is 10.6. The van der Waals surface area contributed by atoms with Crippen molar-refractivity contribution < 1.29 is 9.53 Å².